The van der Waals surface area contributed by atoms with Crippen molar-refractivity contribution in [3.63, 3.8) is 0 Å². The number of sulfonamides is 1. The molecule has 0 radical (unpaired) electrons. The van der Waals surface area contributed by atoms with Gasteiger partial charge in [-0.3, -0.25) is 4.90 Å². The van der Waals surface area contributed by atoms with Gasteiger partial charge in [0.2, 0.25) is 10.0 Å². The Bertz CT molecular complexity index is 1050. The number of nitrogens with zero attached hydrogens (tertiary/aromatic N) is 3. The van der Waals surface area contributed by atoms with Crippen LogP contribution in [0.2, 0.25) is 0 Å². The SMILES string of the molecule is O=S1(=O)c2ccccc2C2(CN1CCN1CCN(c3ccc(O)cc3)CC1)SCCCS2. The lowest BCUT2D eigenvalue weighted by Gasteiger charge is -2.45. The molecule has 0 saturated carbocycles. The highest BCUT2D eigenvalue weighted by atomic mass is 32.2. The molecule has 3 aliphatic rings. The number of hydrogen-bond acceptors (Lipinski definition) is 7. The second-order valence-corrected chi connectivity index (χ2v) is 13.4. The first-order chi connectivity index (χ1) is 15.5. The van der Waals surface area contributed by atoms with E-state index in [2.05, 4.69) is 9.80 Å². The van der Waals surface area contributed by atoms with Crippen LogP contribution in [0.25, 0.3) is 0 Å². The zero-order valence-electron chi connectivity index (χ0n) is 18.0. The summed E-state index contributed by atoms with van der Waals surface area (Å²) in [6.07, 6.45) is 1.18. The summed E-state index contributed by atoms with van der Waals surface area (Å²) in [4.78, 5) is 5.17. The molecule has 3 heterocycles. The molecule has 172 valence electrons. The summed E-state index contributed by atoms with van der Waals surface area (Å²) in [7, 11) is -3.47. The van der Waals surface area contributed by atoms with E-state index in [0.29, 0.717) is 18.0 Å². The molecule has 0 atom stereocenters. The van der Waals surface area contributed by atoms with Gasteiger partial charge in [0.15, 0.2) is 0 Å². The molecule has 2 aromatic rings. The molecule has 1 spiro atoms. The van der Waals surface area contributed by atoms with Gasteiger partial charge in [-0.25, -0.2) is 8.42 Å². The quantitative estimate of drug-likeness (QED) is 0.704. The zero-order chi connectivity index (χ0) is 22.2. The minimum atomic E-state index is -3.47. The first kappa shape index (κ1) is 22.4. The molecule has 3 aliphatic heterocycles. The molecule has 5 rings (SSSR count). The Labute approximate surface area is 199 Å². The molecular weight excluding hydrogens is 462 g/mol. The third kappa shape index (κ3) is 4.25. The summed E-state index contributed by atoms with van der Waals surface area (Å²) in [6.45, 7) is 5.43. The fourth-order valence-corrected chi connectivity index (χ4v) is 10.2. The van der Waals surface area contributed by atoms with Gasteiger partial charge < -0.3 is 10.0 Å². The third-order valence-electron chi connectivity index (χ3n) is 6.51. The van der Waals surface area contributed by atoms with Crippen molar-refractivity contribution in [1.82, 2.24) is 9.21 Å². The molecular formula is C23H29N3O3S3. The largest absolute Gasteiger partial charge is 0.508 e. The van der Waals surface area contributed by atoms with Crippen molar-refractivity contribution in [1.29, 1.82) is 0 Å². The number of rotatable bonds is 4. The fourth-order valence-electron chi connectivity index (χ4n) is 4.71. The van der Waals surface area contributed by atoms with Gasteiger partial charge in [-0.15, -0.1) is 23.5 Å². The monoisotopic (exact) mass is 491 g/mol. The summed E-state index contributed by atoms with van der Waals surface area (Å²) in [5, 5.41) is 9.50. The average molecular weight is 492 g/mol. The van der Waals surface area contributed by atoms with Crippen LogP contribution >= 0.6 is 23.5 Å². The second-order valence-electron chi connectivity index (χ2n) is 8.48. The average Bonchev–Trinajstić information content (AvgIpc) is 2.82. The number of anilines is 1. The van der Waals surface area contributed by atoms with Crippen LogP contribution in [0.5, 0.6) is 5.75 Å². The molecule has 32 heavy (non-hydrogen) atoms. The predicted molar refractivity (Wildman–Crippen MR) is 133 cm³/mol. The summed E-state index contributed by atoms with van der Waals surface area (Å²) in [6, 6.07) is 14.9. The van der Waals surface area contributed by atoms with E-state index in [1.165, 1.54) is 6.42 Å². The summed E-state index contributed by atoms with van der Waals surface area (Å²) in [5.41, 5.74) is 2.10. The van der Waals surface area contributed by atoms with Crippen LogP contribution in [0.1, 0.15) is 12.0 Å². The Kier molecular flexibility index (Phi) is 6.37. The standard InChI is InChI=1S/C23H29N3O3S3/c27-20-8-6-19(7-9-20)25-13-10-24(11-14-25)12-15-26-18-23(30-16-3-17-31-23)21-4-1-2-5-22(21)32(26,28)29/h1-2,4-9,27H,3,10-18H2. The normalized spacial score (nSPS) is 23.2. The Balaban J connectivity index is 1.26. The number of fused-ring (bicyclic) bond motifs is 2. The van der Waals surface area contributed by atoms with Crippen LogP contribution in [0.4, 0.5) is 5.69 Å². The van der Waals surface area contributed by atoms with Gasteiger partial charge in [0.05, 0.1) is 4.90 Å². The molecule has 2 aromatic carbocycles. The van der Waals surface area contributed by atoms with Crippen LogP contribution in [-0.4, -0.2) is 80.0 Å². The minimum Gasteiger partial charge on any atom is -0.508 e. The minimum absolute atomic E-state index is 0.183. The van der Waals surface area contributed by atoms with Gasteiger partial charge in [-0.1, -0.05) is 18.2 Å². The number of aromatic hydroxyl groups is 1. The second kappa shape index (κ2) is 9.10. The highest BCUT2D eigenvalue weighted by Crippen LogP contribution is 2.55. The Hall–Kier alpha value is -1.39. The first-order valence-electron chi connectivity index (χ1n) is 11.1. The number of thioether (sulfide) groups is 2. The summed E-state index contributed by atoms with van der Waals surface area (Å²) < 4.78 is 28.4. The molecule has 0 aliphatic carbocycles. The van der Waals surface area contributed by atoms with Crippen molar-refractivity contribution in [3.05, 3.63) is 54.1 Å². The first-order valence-corrected chi connectivity index (χ1v) is 14.5. The van der Waals surface area contributed by atoms with Crippen LogP contribution in [0, 0.1) is 0 Å². The van der Waals surface area contributed by atoms with Gasteiger partial charge in [-0.05, 0) is 53.8 Å². The van der Waals surface area contributed by atoms with E-state index in [1.54, 1.807) is 22.5 Å². The molecule has 2 saturated heterocycles. The Morgan fingerprint density at radius 1 is 0.906 bits per heavy atom. The van der Waals surface area contributed by atoms with E-state index in [-0.39, 0.29) is 9.83 Å². The zero-order valence-corrected chi connectivity index (χ0v) is 20.5. The van der Waals surface area contributed by atoms with Gasteiger partial charge in [0.25, 0.3) is 0 Å². The van der Waals surface area contributed by atoms with Crippen LogP contribution in [-0.2, 0) is 14.1 Å². The lowest BCUT2D eigenvalue weighted by Crippen LogP contribution is -2.52. The van der Waals surface area contributed by atoms with E-state index in [1.807, 2.05) is 53.9 Å². The van der Waals surface area contributed by atoms with Crippen molar-refractivity contribution in [2.24, 2.45) is 0 Å². The van der Waals surface area contributed by atoms with E-state index in [9.17, 15) is 13.5 Å². The molecule has 0 bridgehead atoms. The van der Waals surface area contributed by atoms with Crippen molar-refractivity contribution in [3.8, 4) is 5.75 Å². The maximum atomic E-state index is 13.4. The molecule has 2 fully saturated rings. The molecule has 6 nitrogen and oxygen atoms in total. The maximum Gasteiger partial charge on any atom is 0.243 e. The lowest BCUT2D eigenvalue weighted by atomic mass is 10.1. The highest BCUT2D eigenvalue weighted by molar-refractivity contribution is 8.18. The summed E-state index contributed by atoms with van der Waals surface area (Å²) in [5.74, 6) is 2.44. The van der Waals surface area contributed by atoms with Gasteiger partial charge in [-0.2, -0.15) is 4.31 Å². The number of piperazine rings is 1. The van der Waals surface area contributed by atoms with E-state index in [4.69, 9.17) is 0 Å². The predicted octanol–water partition coefficient (Wildman–Crippen LogP) is 3.24. The Morgan fingerprint density at radius 2 is 1.59 bits per heavy atom. The topological polar surface area (TPSA) is 64.1 Å². The molecule has 0 amide bonds. The van der Waals surface area contributed by atoms with Crippen molar-refractivity contribution >= 4 is 39.2 Å². The Morgan fingerprint density at radius 3 is 2.31 bits per heavy atom. The van der Waals surface area contributed by atoms with Crippen LogP contribution < -0.4 is 4.90 Å². The van der Waals surface area contributed by atoms with Crippen molar-refractivity contribution in [2.45, 2.75) is 15.4 Å². The van der Waals surface area contributed by atoms with Gasteiger partial charge >= 0.3 is 0 Å². The summed E-state index contributed by atoms with van der Waals surface area (Å²) >= 11 is 3.83. The van der Waals surface area contributed by atoms with Crippen molar-refractivity contribution < 1.29 is 13.5 Å². The maximum absolute atomic E-state index is 13.4. The lowest BCUT2D eigenvalue weighted by molar-refractivity contribution is 0.234. The van der Waals surface area contributed by atoms with E-state index in [0.717, 1.165) is 55.5 Å². The third-order valence-corrected chi connectivity index (χ3v) is 11.7. The number of hydrogen-bond donors (Lipinski definition) is 1. The molecule has 1 N–H and O–H groups in total. The van der Waals surface area contributed by atoms with Crippen LogP contribution in [0.3, 0.4) is 0 Å². The highest BCUT2D eigenvalue weighted by Gasteiger charge is 2.48. The van der Waals surface area contributed by atoms with E-state index >= 15 is 0 Å². The number of benzene rings is 2. The van der Waals surface area contributed by atoms with Gasteiger partial charge in [0, 0.05) is 51.5 Å². The van der Waals surface area contributed by atoms with Crippen LogP contribution in [0.15, 0.2) is 53.4 Å². The number of phenolic OH excluding ortho intramolecular Hbond substituents is 1. The molecule has 0 aromatic heterocycles. The fraction of sp³-hybridized carbons (Fsp3) is 0.478. The van der Waals surface area contributed by atoms with E-state index < -0.39 is 10.0 Å². The smallest absolute Gasteiger partial charge is 0.243 e. The van der Waals surface area contributed by atoms with Crippen molar-refractivity contribution in [2.75, 3.05) is 62.2 Å². The van der Waals surface area contributed by atoms with Gasteiger partial charge in [0.1, 0.15) is 9.83 Å². The molecule has 9 heteroatoms. The number of phenols is 1. The molecule has 0 unspecified atom stereocenters.